The number of anilines is 2. The summed E-state index contributed by atoms with van der Waals surface area (Å²) in [5.74, 6) is -0.241. The summed E-state index contributed by atoms with van der Waals surface area (Å²) in [7, 11) is -3.22. The minimum Gasteiger partial charge on any atom is -0.399 e. The number of halogens is 3. The molecule has 0 unspecified atom stereocenters. The van der Waals surface area contributed by atoms with E-state index in [1.807, 2.05) is 0 Å². The first-order valence-electron chi connectivity index (χ1n) is 4.98. The van der Waals surface area contributed by atoms with E-state index in [9.17, 15) is 21.6 Å². The van der Waals surface area contributed by atoms with E-state index in [4.69, 9.17) is 5.73 Å². The fourth-order valence-electron chi connectivity index (χ4n) is 1.32. The lowest BCUT2D eigenvalue weighted by Gasteiger charge is -2.14. The first kappa shape index (κ1) is 14.6. The van der Waals surface area contributed by atoms with E-state index in [1.165, 1.54) is 12.1 Å². The van der Waals surface area contributed by atoms with Gasteiger partial charge in [0.2, 0.25) is 0 Å². The molecule has 8 heteroatoms. The molecule has 0 fully saturated rings. The zero-order chi connectivity index (χ0) is 14.0. The van der Waals surface area contributed by atoms with Gasteiger partial charge in [-0.15, -0.1) is 0 Å². The van der Waals surface area contributed by atoms with Crippen LogP contribution in [0, 0.1) is 0 Å². The predicted molar refractivity (Wildman–Crippen MR) is 64.1 cm³/mol. The van der Waals surface area contributed by atoms with E-state index < -0.39 is 21.6 Å². The van der Waals surface area contributed by atoms with E-state index in [0.29, 0.717) is 0 Å². The van der Waals surface area contributed by atoms with E-state index in [-0.39, 0.29) is 23.7 Å². The molecule has 0 radical (unpaired) electrons. The van der Waals surface area contributed by atoms with Gasteiger partial charge in [0.1, 0.15) is 9.84 Å². The number of nitrogens with one attached hydrogen (secondary N) is 1. The number of nitrogens with two attached hydrogens (primary N) is 1. The van der Waals surface area contributed by atoms with Crippen LogP contribution in [0.3, 0.4) is 0 Å². The van der Waals surface area contributed by atoms with E-state index in [2.05, 4.69) is 5.32 Å². The van der Waals surface area contributed by atoms with Gasteiger partial charge in [-0.05, 0) is 18.2 Å². The van der Waals surface area contributed by atoms with Crippen LogP contribution in [0.5, 0.6) is 0 Å². The molecule has 0 saturated heterocycles. The third-order valence-corrected chi connectivity index (χ3v) is 3.08. The van der Waals surface area contributed by atoms with Crippen molar-refractivity contribution in [1.82, 2.24) is 0 Å². The fraction of sp³-hybridized carbons (Fsp3) is 0.400. The SMILES string of the molecule is CS(=O)(=O)CCNc1ccc(N)cc1C(F)(F)F. The second-order valence-corrected chi connectivity index (χ2v) is 6.12. The van der Waals surface area contributed by atoms with E-state index >= 15 is 0 Å². The molecular weight excluding hydrogens is 269 g/mol. The molecule has 102 valence electrons. The Hall–Kier alpha value is -1.44. The van der Waals surface area contributed by atoms with Crippen molar-refractivity contribution in [2.45, 2.75) is 6.18 Å². The van der Waals surface area contributed by atoms with Gasteiger partial charge in [0.25, 0.3) is 0 Å². The molecule has 18 heavy (non-hydrogen) atoms. The van der Waals surface area contributed by atoms with Crippen LogP contribution >= 0.6 is 0 Å². The van der Waals surface area contributed by atoms with Gasteiger partial charge in [0.05, 0.1) is 11.3 Å². The zero-order valence-corrected chi connectivity index (χ0v) is 10.4. The Balaban J connectivity index is 2.89. The van der Waals surface area contributed by atoms with Crippen LogP contribution in [0.25, 0.3) is 0 Å². The normalized spacial score (nSPS) is 12.4. The number of hydrogen-bond donors (Lipinski definition) is 2. The van der Waals surface area contributed by atoms with Crippen molar-refractivity contribution < 1.29 is 21.6 Å². The molecule has 0 aliphatic carbocycles. The first-order chi connectivity index (χ1) is 8.09. The summed E-state index contributed by atoms with van der Waals surface area (Å²) >= 11 is 0. The summed E-state index contributed by atoms with van der Waals surface area (Å²) in [6.07, 6.45) is -3.52. The molecule has 0 aliphatic rings. The molecule has 4 nitrogen and oxygen atoms in total. The van der Waals surface area contributed by atoms with Crippen molar-refractivity contribution in [1.29, 1.82) is 0 Å². The minimum absolute atomic E-state index is 0.00371. The van der Waals surface area contributed by atoms with Crippen LogP contribution in [-0.2, 0) is 16.0 Å². The summed E-state index contributed by atoms with van der Waals surface area (Å²) in [6, 6.07) is 3.31. The highest BCUT2D eigenvalue weighted by Gasteiger charge is 2.33. The minimum atomic E-state index is -4.54. The van der Waals surface area contributed by atoms with Crippen LogP contribution in [0.4, 0.5) is 24.5 Å². The lowest BCUT2D eigenvalue weighted by atomic mass is 10.1. The summed E-state index contributed by atoms with van der Waals surface area (Å²) < 4.78 is 59.8. The molecule has 1 aromatic rings. The van der Waals surface area contributed by atoms with Crippen LogP contribution in [0.1, 0.15) is 5.56 Å². The number of hydrogen-bond acceptors (Lipinski definition) is 4. The van der Waals surface area contributed by atoms with E-state index in [1.54, 1.807) is 0 Å². The van der Waals surface area contributed by atoms with Gasteiger partial charge in [-0.25, -0.2) is 8.42 Å². The summed E-state index contributed by atoms with van der Waals surface area (Å²) in [5.41, 5.74) is 4.21. The van der Waals surface area contributed by atoms with Crippen LogP contribution in [-0.4, -0.2) is 27.0 Å². The average molecular weight is 282 g/mol. The van der Waals surface area contributed by atoms with Gasteiger partial charge in [-0.1, -0.05) is 0 Å². The van der Waals surface area contributed by atoms with Crippen LogP contribution in [0.2, 0.25) is 0 Å². The highest BCUT2D eigenvalue weighted by molar-refractivity contribution is 7.90. The highest BCUT2D eigenvalue weighted by Crippen LogP contribution is 2.35. The summed E-state index contributed by atoms with van der Waals surface area (Å²) in [6.45, 7) is -0.0914. The van der Waals surface area contributed by atoms with Crippen molar-refractivity contribution >= 4 is 21.2 Å². The third kappa shape index (κ3) is 4.44. The lowest BCUT2D eigenvalue weighted by molar-refractivity contribution is -0.136. The topological polar surface area (TPSA) is 72.2 Å². The molecule has 0 amide bonds. The maximum absolute atomic E-state index is 12.7. The van der Waals surface area contributed by atoms with Gasteiger partial charge in [-0.3, -0.25) is 0 Å². The second kappa shape index (κ2) is 5.05. The van der Waals surface area contributed by atoms with Crippen LogP contribution in [0.15, 0.2) is 18.2 Å². The van der Waals surface area contributed by atoms with E-state index in [0.717, 1.165) is 12.3 Å². The summed E-state index contributed by atoms with van der Waals surface area (Å²) in [4.78, 5) is 0. The maximum atomic E-state index is 12.7. The molecule has 0 aromatic heterocycles. The molecule has 0 heterocycles. The molecule has 3 N–H and O–H groups in total. The van der Waals surface area contributed by atoms with Gasteiger partial charge in [0, 0.05) is 24.2 Å². The fourth-order valence-corrected chi connectivity index (χ4v) is 1.79. The number of alkyl halides is 3. The molecule has 0 spiro atoms. The molecule has 0 saturated carbocycles. The predicted octanol–water partition coefficient (Wildman–Crippen LogP) is 1.74. The summed E-state index contributed by atoms with van der Waals surface area (Å²) in [5, 5.41) is 2.45. The van der Waals surface area contributed by atoms with Crippen molar-refractivity contribution in [2.24, 2.45) is 0 Å². The Morgan fingerprint density at radius 2 is 1.94 bits per heavy atom. The van der Waals surface area contributed by atoms with Crippen molar-refractivity contribution in [3.8, 4) is 0 Å². The van der Waals surface area contributed by atoms with Gasteiger partial charge >= 0.3 is 6.18 Å². The highest BCUT2D eigenvalue weighted by atomic mass is 32.2. The smallest absolute Gasteiger partial charge is 0.399 e. The Bertz CT molecular complexity index is 526. The number of sulfone groups is 1. The quantitative estimate of drug-likeness (QED) is 0.825. The third-order valence-electron chi connectivity index (χ3n) is 2.14. The zero-order valence-electron chi connectivity index (χ0n) is 9.58. The Kier molecular flexibility index (Phi) is 4.10. The van der Waals surface area contributed by atoms with Gasteiger partial charge in [-0.2, -0.15) is 13.2 Å². The Morgan fingerprint density at radius 1 is 1.33 bits per heavy atom. The maximum Gasteiger partial charge on any atom is 0.418 e. The average Bonchev–Trinajstić information content (AvgIpc) is 2.17. The standard InChI is InChI=1S/C10H13F3N2O2S/c1-18(16,17)5-4-15-9-3-2-7(14)6-8(9)10(11,12)13/h2-3,6,15H,4-5,14H2,1H3. The molecule has 1 rings (SSSR count). The van der Waals surface area contributed by atoms with Crippen molar-refractivity contribution in [3.05, 3.63) is 23.8 Å². The first-order valence-corrected chi connectivity index (χ1v) is 7.04. The molecule has 1 aromatic carbocycles. The lowest BCUT2D eigenvalue weighted by Crippen LogP contribution is -2.17. The Morgan fingerprint density at radius 3 is 2.44 bits per heavy atom. The monoisotopic (exact) mass is 282 g/mol. The van der Waals surface area contributed by atoms with Crippen molar-refractivity contribution in [2.75, 3.05) is 29.6 Å². The number of rotatable bonds is 4. The molecular formula is C10H13F3N2O2S. The largest absolute Gasteiger partial charge is 0.418 e. The van der Waals surface area contributed by atoms with Gasteiger partial charge < -0.3 is 11.1 Å². The van der Waals surface area contributed by atoms with Crippen LogP contribution < -0.4 is 11.1 Å². The second-order valence-electron chi connectivity index (χ2n) is 3.86. The van der Waals surface area contributed by atoms with Gasteiger partial charge in [0.15, 0.2) is 0 Å². The number of benzene rings is 1. The molecule has 0 atom stereocenters. The van der Waals surface area contributed by atoms with Crippen molar-refractivity contribution in [3.63, 3.8) is 0 Å². The Labute approximate surface area is 103 Å². The number of nitrogen functional groups attached to an aromatic ring is 1. The molecule has 0 bridgehead atoms. The molecule has 0 aliphatic heterocycles.